The smallest absolute Gasteiger partial charge is 0.237 e. The Balaban J connectivity index is 0.00000133. The number of rotatable bonds is 0. The zero-order chi connectivity index (χ0) is 12.9. The number of piperidine rings is 1. The van der Waals surface area contributed by atoms with Crippen molar-refractivity contribution in [2.24, 2.45) is 0 Å². The van der Waals surface area contributed by atoms with E-state index in [0.717, 1.165) is 37.2 Å². The summed E-state index contributed by atoms with van der Waals surface area (Å²) in [5.74, 6) is -0.133. The van der Waals surface area contributed by atoms with Gasteiger partial charge in [-0.3, -0.25) is 4.79 Å². The van der Waals surface area contributed by atoms with Crippen molar-refractivity contribution in [2.45, 2.75) is 18.3 Å². The number of hydrogen-bond donors (Lipinski definition) is 0. The van der Waals surface area contributed by atoms with Crippen LogP contribution in [0.1, 0.15) is 18.4 Å². The predicted molar refractivity (Wildman–Crippen MR) is 75.5 cm³/mol. The molecule has 3 rings (SSSR count). The SMILES string of the molecule is CN1CCC2(CC1)C(=O)N(C)c1ccc(F)cc12.Cl. The lowest BCUT2D eigenvalue weighted by Crippen LogP contribution is -2.47. The summed E-state index contributed by atoms with van der Waals surface area (Å²) in [4.78, 5) is 16.4. The van der Waals surface area contributed by atoms with E-state index in [1.807, 2.05) is 0 Å². The van der Waals surface area contributed by atoms with Crippen LogP contribution in [0.3, 0.4) is 0 Å². The maximum Gasteiger partial charge on any atom is 0.237 e. The molecule has 19 heavy (non-hydrogen) atoms. The van der Waals surface area contributed by atoms with Crippen LogP contribution in [-0.4, -0.2) is 38.0 Å². The topological polar surface area (TPSA) is 23.6 Å². The lowest BCUT2D eigenvalue weighted by molar-refractivity contribution is -0.124. The molecule has 2 heterocycles. The van der Waals surface area contributed by atoms with Crippen LogP contribution in [0.4, 0.5) is 10.1 Å². The minimum atomic E-state index is -0.487. The molecule has 104 valence electrons. The molecule has 0 N–H and O–H groups in total. The number of likely N-dealkylation sites (tertiary alicyclic amines) is 1. The average molecular weight is 285 g/mol. The third-order valence-corrected chi connectivity index (χ3v) is 4.39. The highest BCUT2D eigenvalue weighted by Gasteiger charge is 2.50. The van der Waals surface area contributed by atoms with Gasteiger partial charge in [-0.05, 0) is 56.7 Å². The quantitative estimate of drug-likeness (QED) is 0.729. The molecule has 0 unspecified atom stereocenters. The predicted octanol–water partition coefficient (Wildman–Crippen LogP) is 2.19. The first-order valence-electron chi connectivity index (χ1n) is 6.31. The summed E-state index contributed by atoms with van der Waals surface area (Å²) < 4.78 is 13.5. The summed E-state index contributed by atoms with van der Waals surface area (Å²) in [6.45, 7) is 1.77. The number of anilines is 1. The van der Waals surface area contributed by atoms with Crippen LogP contribution in [0.25, 0.3) is 0 Å². The Bertz CT molecular complexity index is 512. The highest BCUT2D eigenvalue weighted by molar-refractivity contribution is 6.07. The molecule has 1 fully saturated rings. The monoisotopic (exact) mass is 284 g/mol. The fourth-order valence-electron chi connectivity index (χ4n) is 3.21. The maximum absolute atomic E-state index is 13.5. The van der Waals surface area contributed by atoms with Crippen LogP contribution >= 0.6 is 12.4 Å². The summed E-state index contributed by atoms with van der Waals surface area (Å²) in [5, 5.41) is 0. The van der Waals surface area contributed by atoms with Gasteiger partial charge < -0.3 is 9.80 Å². The van der Waals surface area contributed by atoms with E-state index in [2.05, 4.69) is 11.9 Å². The number of halogens is 2. The molecule has 1 aromatic rings. The Labute approximate surface area is 118 Å². The van der Waals surface area contributed by atoms with Gasteiger partial charge in [-0.1, -0.05) is 0 Å². The van der Waals surface area contributed by atoms with E-state index in [1.54, 1.807) is 24.1 Å². The summed E-state index contributed by atoms with van der Waals surface area (Å²) in [5.41, 5.74) is 1.26. The highest BCUT2D eigenvalue weighted by Crippen LogP contribution is 2.47. The van der Waals surface area contributed by atoms with Crippen LogP contribution in [0, 0.1) is 5.82 Å². The van der Waals surface area contributed by atoms with Gasteiger partial charge in [0.1, 0.15) is 5.82 Å². The first-order chi connectivity index (χ1) is 8.54. The lowest BCUT2D eigenvalue weighted by atomic mass is 9.74. The highest BCUT2D eigenvalue weighted by atomic mass is 35.5. The number of hydrogen-bond acceptors (Lipinski definition) is 2. The first kappa shape index (κ1) is 14.3. The number of fused-ring (bicyclic) bond motifs is 2. The molecular formula is C14H18ClFN2O. The molecule has 5 heteroatoms. The summed E-state index contributed by atoms with van der Waals surface area (Å²) in [6, 6.07) is 4.69. The van der Waals surface area contributed by atoms with E-state index in [-0.39, 0.29) is 24.1 Å². The van der Waals surface area contributed by atoms with E-state index < -0.39 is 5.41 Å². The fraction of sp³-hybridized carbons (Fsp3) is 0.500. The second-order valence-corrected chi connectivity index (χ2v) is 5.41. The zero-order valence-electron chi connectivity index (χ0n) is 11.1. The number of carbonyl (C=O) groups excluding carboxylic acids is 1. The largest absolute Gasteiger partial charge is 0.314 e. The summed E-state index contributed by atoms with van der Waals surface area (Å²) >= 11 is 0. The van der Waals surface area contributed by atoms with Gasteiger partial charge in [0.05, 0.1) is 5.41 Å². The Kier molecular flexibility index (Phi) is 3.58. The molecule has 2 aliphatic rings. The first-order valence-corrected chi connectivity index (χ1v) is 6.31. The number of carbonyl (C=O) groups is 1. The van der Waals surface area contributed by atoms with Crippen LogP contribution < -0.4 is 4.90 Å². The molecule has 1 spiro atoms. The summed E-state index contributed by atoms with van der Waals surface area (Å²) in [6.07, 6.45) is 1.56. The second kappa shape index (κ2) is 4.76. The standard InChI is InChI=1S/C14H17FN2O.ClH/c1-16-7-5-14(6-8-16)11-9-10(15)3-4-12(11)17(2)13(14)18;/h3-4,9H,5-8H2,1-2H3;1H. The van der Waals surface area contributed by atoms with Gasteiger partial charge in [-0.25, -0.2) is 4.39 Å². The second-order valence-electron chi connectivity index (χ2n) is 5.41. The van der Waals surface area contributed by atoms with Gasteiger partial charge >= 0.3 is 0 Å². The number of likely N-dealkylation sites (N-methyl/N-ethyl adjacent to an activating group) is 1. The molecule has 1 amide bonds. The van der Waals surface area contributed by atoms with Gasteiger partial charge in [0.25, 0.3) is 0 Å². The number of benzene rings is 1. The molecule has 0 aromatic heterocycles. The number of nitrogens with zero attached hydrogens (tertiary/aromatic N) is 2. The minimum Gasteiger partial charge on any atom is -0.314 e. The van der Waals surface area contributed by atoms with E-state index in [1.165, 1.54) is 6.07 Å². The molecule has 0 saturated carbocycles. The van der Waals surface area contributed by atoms with Crippen molar-refractivity contribution in [2.75, 3.05) is 32.1 Å². The van der Waals surface area contributed by atoms with E-state index >= 15 is 0 Å². The van der Waals surface area contributed by atoms with Crippen molar-refractivity contribution < 1.29 is 9.18 Å². The van der Waals surface area contributed by atoms with Crippen molar-refractivity contribution >= 4 is 24.0 Å². The van der Waals surface area contributed by atoms with Crippen LogP contribution in [0.5, 0.6) is 0 Å². The van der Waals surface area contributed by atoms with Gasteiger partial charge in [0.15, 0.2) is 0 Å². The Hall–Kier alpha value is -1.13. The van der Waals surface area contributed by atoms with Gasteiger partial charge in [0.2, 0.25) is 5.91 Å². The molecule has 2 aliphatic heterocycles. The average Bonchev–Trinajstić information content (AvgIpc) is 2.56. The molecule has 3 nitrogen and oxygen atoms in total. The summed E-state index contributed by atoms with van der Waals surface area (Å²) in [7, 11) is 3.84. The molecule has 0 atom stereocenters. The van der Waals surface area contributed by atoms with Crippen LogP contribution in [0.15, 0.2) is 18.2 Å². The third-order valence-electron chi connectivity index (χ3n) is 4.39. The Morgan fingerprint density at radius 1 is 1.21 bits per heavy atom. The van der Waals surface area contributed by atoms with Crippen molar-refractivity contribution in [3.63, 3.8) is 0 Å². The molecule has 0 bridgehead atoms. The van der Waals surface area contributed by atoms with E-state index in [0.29, 0.717) is 0 Å². The minimum absolute atomic E-state index is 0. The number of amides is 1. The van der Waals surface area contributed by atoms with Gasteiger partial charge in [0, 0.05) is 12.7 Å². The van der Waals surface area contributed by atoms with Gasteiger partial charge in [-0.15, -0.1) is 12.4 Å². The normalized spacial score (nSPS) is 21.4. The van der Waals surface area contributed by atoms with Gasteiger partial charge in [-0.2, -0.15) is 0 Å². The lowest BCUT2D eigenvalue weighted by Gasteiger charge is -2.36. The van der Waals surface area contributed by atoms with E-state index in [4.69, 9.17) is 0 Å². The van der Waals surface area contributed by atoms with Crippen molar-refractivity contribution in [3.8, 4) is 0 Å². The molecule has 0 aliphatic carbocycles. The van der Waals surface area contributed by atoms with Crippen molar-refractivity contribution in [1.29, 1.82) is 0 Å². The zero-order valence-corrected chi connectivity index (χ0v) is 12.0. The van der Waals surface area contributed by atoms with E-state index in [9.17, 15) is 9.18 Å². The van der Waals surface area contributed by atoms with Crippen LogP contribution in [-0.2, 0) is 10.2 Å². The molecular weight excluding hydrogens is 267 g/mol. The van der Waals surface area contributed by atoms with Crippen LogP contribution in [0.2, 0.25) is 0 Å². The molecule has 1 aromatic carbocycles. The molecule has 1 saturated heterocycles. The fourth-order valence-corrected chi connectivity index (χ4v) is 3.21. The Morgan fingerprint density at radius 3 is 2.47 bits per heavy atom. The molecule has 0 radical (unpaired) electrons. The van der Waals surface area contributed by atoms with Crippen molar-refractivity contribution in [3.05, 3.63) is 29.6 Å². The Morgan fingerprint density at radius 2 is 1.84 bits per heavy atom. The van der Waals surface area contributed by atoms with Crippen molar-refractivity contribution in [1.82, 2.24) is 4.90 Å². The maximum atomic E-state index is 13.5. The third kappa shape index (κ3) is 1.94.